The van der Waals surface area contributed by atoms with E-state index in [9.17, 15) is 13.2 Å². The number of aromatic nitrogens is 2. The van der Waals surface area contributed by atoms with Gasteiger partial charge in [-0.1, -0.05) is 18.2 Å². The summed E-state index contributed by atoms with van der Waals surface area (Å²) in [4.78, 5) is 20.2. The number of anilines is 1. The minimum absolute atomic E-state index is 0.0915. The standard InChI is InChI=1S/C17H21N5O3S/c18-16-15(19-8-9-20-16)17(23)21-12-13-6-10-22(11-7-13)26(24,25)14-4-2-1-3-5-14/h1-5,8-9,13H,6-7,10-12H2,(H2,18,20)(H,21,23). The van der Waals surface area contributed by atoms with Gasteiger partial charge in [-0.25, -0.2) is 18.4 Å². The number of piperidine rings is 1. The SMILES string of the molecule is Nc1nccnc1C(=O)NCC1CCN(S(=O)(=O)c2ccccc2)CC1. The Morgan fingerprint density at radius 2 is 1.81 bits per heavy atom. The van der Waals surface area contributed by atoms with Crippen molar-refractivity contribution in [3.63, 3.8) is 0 Å². The van der Waals surface area contributed by atoms with Crippen LogP contribution in [0.25, 0.3) is 0 Å². The number of carbonyl (C=O) groups is 1. The van der Waals surface area contributed by atoms with Crippen LogP contribution < -0.4 is 11.1 Å². The minimum Gasteiger partial charge on any atom is -0.382 e. The fraction of sp³-hybridized carbons (Fsp3) is 0.353. The van der Waals surface area contributed by atoms with Gasteiger partial charge in [0.25, 0.3) is 5.91 Å². The molecule has 1 aromatic carbocycles. The van der Waals surface area contributed by atoms with Gasteiger partial charge in [-0.2, -0.15) is 4.31 Å². The van der Waals surface area contributed by atoms with E-state index in [1.54, 1.807) is 30.3 Å². The van der Waals surface area contributed by atoms with Gasteiger partial charge in [0.1, 0.15) is 0 Å². The molecule has 0 radical (unpaired) electrons. The summed E-state index contributed by atoms with van der Waals surface area (Å²) in [6.45, 7) is 1.32. The van der Waals surface area contributed by atoms with Crippen LogP contribution in [-0.2, 0) is 10.0 Å². The summed E-state index contributed by atoms with van der Waals surface area (Å²) in [7, 11) is -3.45. The van der Waals surface area contributed by atoms with E-state index in [1.807, 2.05) is 0 Å². The van der Waals surface area contributed by atoms with E-state index < -0.39 is 10.0 Å². The van der Waals surface area contributed by atoms with Crippen molar-refractivity contribution in [1.82, 2.24) is 19.6 Å². The summed E-state index contributed by atoms with van der Waals surface area (Å²) in [5, 5.41) is 2.81. The molecule has 9 heteroatoms. The Labute approximate surface area is 152 Å². The predicted molar refractivity (Wildman–Crippen MR) is 96.7 cm³/mol. The first-order valence-electron chi connectivity index (χ1n) is 8.38. The van der Waals surface area contributed by atoms with Crippen LogP contribution in [-0.4, -0.2) is 48.2 Å². The Balaban J connectivity index is 1.53. The molecule has 1 fully saturated rings. The molecule has 138 valence electrons. The molecule has 1 amide bonds. The lowest BCUT2D eigenvalue weighted by atomic mass is 9.98. The lowest BCUT2D eigenvalue weighted by Crippen LogP contribution is -2.41. The van der Waals surface area contributed by atoms with Crippen LogP contribution in [0.1, 0.15) is 23.3 Å². The van der Waals surface area contributed by atoms with Gasteiger partial charge in [-0.3, -0.25) is 4.79 Å². The fourth-order valence-electron chi connectivity index (χ4n) is 2.94. The number of sulfonamides is 1. The number of amides is 1. The second kappa shape index (κ2) is 7.79. The number of nitrogen functional groups attached to an aromatic ring is 1. The largest absolute Gasteiger partial charge is 0.382 e. The normalized spacial score (nSPS) is 16.3. The average Bonchev–Trinajstić information content (AvgIpc) is 2.67. The molecule has 26 heavy (non-hydrogen) atoms. The van der Waals surface area contributed by atoms with Gasteiger partial charge in [0.15, 0.2) is 11.5 Å². The van der Waals surface area contributed by atoms with E-state index in [1.165, 1.54) is 16.7 Å². The van der Waals surface area contributed by atoms with Crippen molar-refractivity contribution in [3.05, 3.63) is 48.4 Å². The number of carbonyl (C=O) groups excluding carboxylic acids is 1. The summed E-state index contributed by atoms with van der Waals surface area (Å²) in [6.07, 6.45) is 4.21. The number of nitrogens with two attached hydrogens (primary N) is 1. The highest BCUT2D eigenvalue weighted by molar-refractivity contribution is 7.89. The molecule has 3 N–H and O–H groups in total. The number of hydrogen-bond donors (Lipinski definition) is 2. The number of nitrogens with one attached hydrogen (secondary N) is 1. The van der Waals surface area contributed by atoms with Gasteiger partial charge in [-0.15, -0.1) is 0 Å². The third kappa shape index (κ3) is 4.00. The molecule has 1 aromatic heterocycles. The van der Waals surface area contributed by atoms with Crippen LogP contribution in [0.5, 0.6) is 0 Å². The van der Waals surface area contributed by atoms with Gasteiger partial charge in [0.2, 0.25) is 10.0 Å². The first-order valence-corrected chi connectivity index (χ1v) is 9.82. The van der Waals surface area contributed by atoms with E-state index in [0.29, 0.717) is 37.4 Å². The molecule has 2 heterocycles. The highest BCUT2D eigenvalue weighted by Crippen LogP contribution is 2.23. The fourth-order valence-corrected chi connectivity index (χ4v) is 4.43. The molecule has 0 atom stereocenters. The maximum Gasteiger partial charge on any atom is 0.273 e. The third-order valence-corrected chi connectivity index (χ3v) is 6.36. The van der Waals surface area contributed by atoms with Gasteiger partial charge in [0.05, 0.1) is 4.90 Å². The summed E-state index contributed by atoms with van der Waals surface area (Å²) in [5.74, 6) is -0.0669. The zero-order valence-electron chi connectivity index (χ0n) is 14.2. The topological polar surface area (TPSA) is 118 Å². The monoisotopic (exact) mass is 375 g/mol. The predicted octanol–water partition coefficient (Wildman–Crippen LogP) is 0.890. The number of hydrogen-bond acceptors (Lipinski definition) is 6. The number of benzene rings is 1. The van der Waals surface area contributed by atoms with Gasteiger partial charge in [0, 0.05) is 32.0 Å². The van der Waals surface area contributed by atoms with E-state index in [4.69, 9.17) is 5.73 Å². The van der Waals surface area contributed by atoms with Crippen molar-refractivity contribution < 1.29 is 13.2 Å². The van der Waals surface area contributed by atoms with Gasteiger partial charge in [-0.05, 0) is 30.9 Å². The molecule has 0 bridgehead atoms. The molecular formula is C17H21N5O3S. The molecule has 2 aromatic rings. The Bertz CT molecular complexity index is 865. The number of nitrogens with zero attached hydrogens (tertiary/aromatic N) is 3. The summed E-state index contributed by atoms with van der Waals surface area (Å²) >= 11 is 0. The third-order valence-electron chi connectivity index (χ3n) is 4.45. The van der Waals surface area contributed by atoms with Crippen LogP contribution in [0.3, 0.4) is 0 Å². The quantitative estimate of drug-likeness (QED) is 0.801. The maximum absolute atomic E-state index is 12.6. The van der Waals surface area contributed by atoms with Crippen molar-refractivity contribution in [2.24, 2.45) is 5.92 Å². The lowest BCUT2D eigenvalue weighted by molar-refractivity contribution is 0.0937. The van der Waals surface area contributed by atoms with Gasteiger partial charge >= 0.3 is 0 Å². The Morgan fingerprint density at radius 3 is 2.46 bits per heavy atom. The lowest BCUT2D eigenvalue weighted by Gasteiger charge is -2.31. The van der Waals surface area contributed by atoms with Gasteiger partial charge < -0.3 is 11.1 Å². The second-order valence-electron chi connectivity index (χ2n) is 6.16. The second-order valence-corrected chi connectivity index (χ2v) is 8.10. The molecule has 8 nitrogen and oxygen atoms in total. The average molecular weight is 375 g/mol. The van der Waals surface area contributed by atoms with Crippen LogP contribution in [0, 0.1) is 5.92 Å². The maximum atomic E-state index is 12.6. The van der Waals surface area contributed by atoms with Crippen LogP contribution in [0.15, 0.2) is 47.6 Å². The van der Waals surface area contributed by atoms with Crippen molar-refractivity contribution in [1.29, 1.82) is 0 Å². The smallest absolute Gasteiger partial charge is 0.273 e. The molecule has 0 aliphatic carbocycles. The zero-order valence-corrected chi connectivity index (χ0v) is 15.0. The first-order chi connectivity index (χ1) is 12.5. The molecule has 0 saturated carbocycles. The number of rotatable bonds is 5. The summed E-state index contributed by atoms with van der Waals surface area (Å²) in [5.41, 5.74) is 5.75. The Hall–Kier alpha value is -2.52. The van der Waals surface area contributed by atoms with Crippen LogP contribution in [0.2, 0.25) is 0 Å². The van der Waals surface area contributed by atoms with Crippen molar-refractivity contribution in [2.45, 2.75) is 17.7 Å². The highest BCUT2D eigenvalue weighted by atomic mass is 32.2. The molecule has 3 rings (SSSR count). The van der Waals surface area contributed by atoms with Crippen LogP contribution in [0.4, 0.5) is 5.82 Å². The van der Waals surface area contributed by atoms with Crippen molar-refractivity contribution in [3.8, 4) is 0 Å². The van der Waals surface area contributed by atoms with Crippen molar-refractivity contribution >= 4 is 21.7 Å². The van der Waals surface area contributed by atoms with E-state index in [0.717, 1.165) is 0 Å². The van der Waals surface area contributed by atoms with E-state index in [-0.39, 0.29) is 23.3 Å². The summed E-state index contributed by atoms with van der Waals surface area (Å²) in [6, 6.07) is 8.43. The Morgan fingerprint density at radius 1 is 1.15 bits per heavy atom. The van der Waals surface area contributed by atoms with Crippen LogP contribution >= 0.6 is 0 Å². The molecule has 1 aliphatic rings. The molecule has 0 spiro atoms. The minimum atomic E-state index is -3.45. The van der Waals surface area contributed by atoms with Crippen molar-refractivity contribution in [2.75, 3.05) is 25.4 Å². The molecular weight excluding hydrogens is 354 g/mol. The zero-order chi connectivity index (χ0) is 18.6. The Kier molecular flexibility index (Phi) is 5.48. The van der Waals surface area contributed by atoms with E-state index >= 15 is 0 Å². The molecule has 0 unspecified atom stereocenters. The molecule has 1 saturated heterocycles. The first kappa shape index (κ1) is 18.3. The summed E-state index contributed by atoms with van der Waals surface area (Å²) < 4.78 is 26.7. The van der Waals surface area contributed by atoms with E-state index in [2.05, 4.69) is 15.3 Å². The highest BCUT2D eigenvalue weighted by Gasteiger charge is 2.29. The molecule has 1 aliphatic heterocycles.